The van der Waals surface area contributed by atoms with E-state index in [4.69, 9.17) is 28.2 Å². The third-order valence-corrected chi connectivity index (χ3v) is 6.63. The molecule has 154 valence electrons. The van der Waals surface area contributed by atoms with Crippen LogP contribution in [0.2, 0.25) is 10.0 Å². The molecule has 0 saturated carbocycles. The Morgan fingerprint density at radius 1 is 1.07 bits per heavy atom. The van der Waals surface area contributed by atoms with E-state index >= 15 is 0 Å². The van der Waals surface area contributed by atoms with E-state index < -0.39 is 5.97 Å². The first-order valence-corrected chi connectivity index (χ1v) is 10.7. The zero-order valence-electron chi connectivity index (χ0n) is 17.2. The number of pyridine rings is 1. The van der Waals surface area contributed by atoms with E-state index in [2.05, 4.69) is 20.8 Å². The molecule has 1 aliphatic carbocycles. The molecule has 1 heterocycles. The van der Waals surface area contributed by atoms with Crippen molar-refractivity contribution in [3.63, 3.8) is 0 Å². The van der Waals surface area contributed by atoms with Crippen molar-refractivity contribution in [1.82, 2.24) is 4.98 Å². The fraction of sp³-hybridized carbons (Fsp3) is 0.280. The van der Waals surface area contributed by atoms with Crippen LogP contribution in [0, 0.1) is 11.3 Å². The quantitative estimate of drug-likeness (QED) is 0.452. The van der Waals surface area contributed by atoms with Gasteiger partial charge in [-0.2, -0.15) is 0 Å². The van der Waals surface area contributed by atoms with Gasteiger partial charge in [0, 0.05) is 21.0 Å². The topological polar surface area (TPSA) is 50.2 Å². The van der Waals surface area contributed by atoms with Gasteiger partial charge < -0.3 is 5.11 Å². The first-order valence-electron chi connectivity index (χ1n) is 9.96. The van der Waals surface area contributed by atoms with Gasteiger partial charge in [0.1, 0.15) is 0 Å². The number of fused-ring (bicyclic) bond motifs is 2. The van der Waals surface area contributed by atoms with Crippen LogP contribution in [0.15, 0.2) is 42.5 Å². The molecule has 30 heavy (non-hydrogen) atoms. The number of halogens is 2. The number of carbonyl (C=O) groups is 1. The van der Waals surface area contributed by atoms with Gasteiger partial charge in [0.25, 0.3) is 0 Å². The van der Waals surface area contributed by atoms with E-state index in [9.17, 15) is 9.90 Å². The normalized spacial score (nSPS) is 17.9. The van der Waals surface area contributed by atoms with E-state index in [-0.39, 0.29) is 11.3 Å². The maximum absolute atomic E-state index is 12.3. The number of aromatic nitrogens is 1. The predicted octanol–water partition coefficient (Wildman–Crippen LogP) is 7.39. The molecule has 1 N–H and O–H groups in total. The number of rotatable bonds is 2. The molecule has 5 heteroatoms. The van der Waals surface area contributed by atoms with Crippen molar-refractivity contribution in [2.45, 2.75) is 33.6 Å². The summed E-state index contributed by atoms with van der Waals surface area (Å²) < 4.78 is 0. The molecule has 0 aliphatic heterocycles. The third-order valence-electron chi connectivity index (χ3n) is 5.97. The monoisotopic (exact) mass is 439 g/mol. The largest absolute Gasteiger partial charge is 0.478 e. The second kappa shape index (κ2) is 7.72. The van der Waals surface area contributed by atoms with Crippen LogP contribution in [0.1, 0.15) is 54.4 Å². The average Bonchev–Trinajstić information content (AvgIpc) is 2.68. The van der Waals surface area contributed by atoms with Gasteiger partial charge in [-0.15, -0.1) is 0 Å². The lowest BCUT2D eigenvalue weighted by Gasteiger charge is -2.36. The van der Waals surface area contributed by atoms with E-state index in [0.29, 0.717) is 32.9 Å². The summed E-state index contributed by atoms with van der Waals surface area (Å²) >= 11 is 12.9. The van der Waals surface area contributed by atoms with Gasteiger partial charge >= 0.3 is 5.97 Å². The van der Waals surface area contributed by atoms with Crippen molar-refractivity contribution in [2.75, 3.05) is 0 Å². The Morgan fingerprint density at radius 3 is 2.37 bits per heavy atom. The smallest absolute Gasteiger partial charge is 0.336 e. The molecular weight excluding hydrogens is 417 g/mol. The van der Waals surface area contributed by atoms with Gasteiger partial charge in [-0.05, 0) is 59.6 Å². The predicted molar refractivity (Wildman–Crippen MR) is 124 cm³/mol. The molecule has 0 saturated heterocycles. The highest BCUT2D eigenvalue weighted by Crippen LogP contribution is 2.45. The first-order chi connectivity index (χ1) is 14.2. The Hall–Kier alpha value is -2.36. The van der Waals surface area contributed by atoms with Crippen molar-refractivity contribution in [3.8, 4) is 0 Å². The van der Waals surface area contributed by atoms with E-state index in [0.717, 1.165) is 28.8 Å². The number of para-hydroxylation sites is 1. The number of carboxylic acid groups (broad SMARTS) is 1. The van der Waals surface area contributed by atoms with E-state index in [1.807, 2.05) is 36.4 Å². The lowest BCUT2D eigenvalue weighted by Crippen LogP contribution is -2.28. The second-order valence-electron chi connectivity index (χ2n) is 8.91. The van der Waals surface area contributed by atoms with Crippen LogP contribution in [-0.4, -0.2) is 16.1 Å². The van der Waals surface area contributed by atoms with Crippen molar-refractivity contribution < 1.29 is 9.90 Å². The summed E-state index contributed by atoms with van der Waals surface area (Å²) in [5, 5.41) is 11.9. The summed E-state index contributed by atoms with van der Waals surface area (Å²) in [6, 6.07) is 12.9. The Bertz CT molecular complexity index is 1170. The number of aromatic carboxylic acids is 1. The highest BCUT2D eigenvalue weighted by atomic mass is 35.5. The highest BCUT2D eigenvalue weighted by Gasteiger charge is 2.35. The lowest BCUT2D eigenvalue weighted by molar-refractivity contribution is 0.0696. The van der Waals surface area contributed by atoms with Gasteiger partial charge in [0.2, 0.25) is 0 Å². The Kier molecular flexibility index (Phi) is 5.37. The van der Waals surface area contributed by atoms with Gasteiger partial charge in [-0.1, -0.05) is 68.2 Å². The van der Waals surface area contributed by atoms with Crippen LogP contribution in [-0.2, 0) is 6.42 Å². The molecule has 1 aliphatic rings. The number of hydrogen-bond donors (Lipinski definition) is 1. The molecule has 0 bridgehead atoms. The summed E-state index contributed by atoms with van der Waals surface area (Å²) in [5.74, 6) is -0.659. The van der Waals surface area contributed by atoms with E-state index in [1.165, 1.54) is 0 Å². The minimum atomic E-state index is -0.922. The molecule has 1 atom stereocenters. The molecule has 0 fully saturated rings. The average molecular weight is 440 g/mol. The number of nitrogens with zero attached hydrogens (tertiary/aromatic N) is 1. The minimum absolute atomic E-state index is 0.00246. The molecule has 2 aromatic carbocycles. The van der Waals surface area contributed by atoms with Crippen LogP contribution in [0.25, 0.3) is 22.6 Å². The van der Waals surface area contributed by atoms with Crippen LogP contribution in [0.5, 0.6) is 0 Å². The molecule has 0 spiro atoms. The van der Waals surface area contributed by atoms with Crippen LogP contribution >= 0.6 is 23.2 Å². The fourth-order valence-electron chi connectivity index (χ4n) is 4.20. The molecule has 4 rings (SSSR count). The van der Waals surface area contributed by atoms with Crippen molar-refractivity contribution in [1.29, 1.82) is 0 Å². The number of carboxylic acids is 1. The molecule has 0 amide bonds. The SMILES string of the molecule is CC(C)(C)C1CC(=Cc2c(Cl)cccc2Cl)c2nc3ccccc3c(C(=O)O)c2C1. The Labute approximate surface area is 186 Å². The zero-order valence-corrected chi connectivity index (χ0v) is 18.7. The molecule has 3 aromatic rings. The number of hydrogen-bond acceptors (Lipinski definition) is 2. The molecule has 3 nitrogen and oxygen atoms in total. The minimum Gasteiger partial charge on any atom is -0.478 e. The standard InChI is InChI=1S/C25H23Cl2NO2/c1-25(2,3)15-11-14(12-17-19(26)8-6-9-20(17)27)23-18(13-15)22(24(29)30)16-7-4-5-10-21(16)28-23/h4-10,12,15H,11,13H2,1-3H3,(H,29,30). The molecule has 1 aromatic heterocycles. The summed E-state index contributed by atoms with van der Waals surface area (Å²) in [7, 11) is 0. The number of allylic oxidation sites excluding steroid dienone is 1. The highest BCUT2D eigenvalue weighted by molar-refractivity contribution is 6.37. The molecule has 1 unspecified atom stereocenters. The first kappa shape index (κ1) is 20.9. The zero-order chi connectivity index (χ0) is 21.6. The third kappa shape index (κ3) is 3.73. The number of benzene rings is 2. The Morgan fingerprint density at radius 2 is 1.73 bits per heavy atom. The summed E-state index contributed by atoms with van der Waals surface area (Å²) in [6.45, 7) is 6.58. The van der Waals surface area contributed by atoms with Crippen molar-refractivity contribution in [2.24, 2.45) is 11.3 Å². The van der Waals surface area contributed by atoms with Crippen molar-refractivity contribution in [3.05, 3.63) is 74.9 Å². The second-order valence-corrected chi connectivity index (χ2v) is 9.73. The maximum Gasteiger partial charge on any atom is 0.336 e. The summed E-state index contributed by atoms with van der Waals surface area (Å²) in [6.07, 6.45) is 3.43. The van der Waals surface area contributed by atoms with Crippen LogP contribution < -0.4 is 0 Å². The van der Waals surface area contributed by atoms with Gasteiger partial charge in [0.15, 0.2) is 0 Å². The van der Waals surface area contributed by atoms with Gasteiger partial charge in [-0.25, -0.2) is 9.78 Å². The Balaban J connectivity index is 2.04. The van der Waals surface area contributed by atoms with Crippen molar-refractivity contribution >= 4 is 51.7 Å². The van der Waals surface area contributed by atoms with Crippen LogP contribution in [0.4, 0.5) is 0 Å². The van der Waals surface area contributed by atoms with Gasteiger partial charge in [-0.3, -0.25) is 0 Å². The van der Waals surface area contributed by atoms with E-state index in [1.54, 1.807) is 12.1 Å². The maximum atomic E-state index is 12.3. The fourth-order valence-corrected chi connectivity index (χ4v) is 4.71. The molecular formula is C25H23Cl2NO2. The summed E-state index contributed by atoms with van der Waals surface area (Å²) in [4.78, 5) is 17.2. The molecule has 0 radical (unpaired) electrons. The lowest BCUT2D eigenvalue weighted by atomic mass is 9.69. The summed E-state index contributed by atoms with van der Waals surface area (Å²) in [5.41, 5.74) is 4.27. The van der Waals surface area contributed by atoms with Crippen LogP contribution in [0.3, 0.4) is 0 Å². The van der Waals surface area contributed by atoms with Gasteiger partial charge in [0.05, 0.1) is 16.8 Å².